The van der Waals surface area contributed by atoms with Crippen LogP contribution in [0.2, 0.25) is 0 Å². The molecule has 0 radical (unpaired) electrons. The van der Waals surface area contributed by atoms with Gasteiger partial charge in [0.1, 0.15) is 18.0 Å². The summed E-state index contributed by atoms with van der Waals surface area (Å²) >= 11 is 0. The molecule has 1 aromatic heterocycles. The second-order valence-electron chi connectivity index (χ2n) is 4.14. The maximum Gasteiger partial charge on any atom is 0.134 e. The topological polar surface area (TPSA) is 64.8 Å². The molecule has 1 aromatic rings. The number of nitrogens with one attached hydrogen (secondary N) is 1. The van der Waals surface area contributed by atoms with Gasteiger partial charge in [-0.1, -0.05) is 0 Å². The Morgan fingerprint density at radius 2 is 2.12 bits per heavy atom. The van der Waals surface area contributed by atoms with Gasteiger partial charge in [0.15, 0.2) is 0 Å². The lowest BCUT2D eigenvalue weighted by atomic mass is 10.1. The van der Waals surface area contributed by atoms with Crippen molar-refractivity contribution < 1.29 is 0 Å². The lowest BCUT2D eigenvalue weighted by Gasteiger charge is -2.27. The zero-order chi connectivity index (χ0) is 11.9. The lowest BCUT2D eigenvalue weighted by molar-refractivity contribution is 0.573. The number of rotatable bonds is 4. The summed E-state index contributed by atoms with van der Waals surface area (Å²) in [5.41, 5.74) is 0. The average molecular weight is 231 g/mol. The van der Waals surface area contributed by atoms with Crippen LogP contribution in [0.5, 0.6) is 0 Å². The number of piperidine rings is 1. The lowest BCUT2D eigenvalue weighted by Crippen LogP contribution is -2.30. The molecular formula is C12H17N5. The largest absolute Gasteiger partial charge is 0.369 e. The van der Waals surface area contributed by atoms with E-state index in [1.165, 1.54) is 19.3 Å². The quantitative estimate of drug-likeness (QED) is 0.800. The van der Waals surface area contributed by atoms with E-state index in [0.29, 0.717) is 13.0 Å². The van der Waals surface area contributed by atoms with Crippen LogP contribution in [0.25, 0.3) is 0 Å². The van der Waals surface area contributed by atoms with Crippen LogP contribution in [0.15, 0.2) is 12.4 Å². The number of anilines is 2. The molecular weight excluding hydrogens is 214 g/mol. The van der Waals surface area contributed by atoms with Crippen LogP contribution in [0.3, 0.4) is 0 Å². The summed E-state index contributed by atoms with van der Waals surface area (Å²) in [4.78, 5) is 10.7. The molecule has 1 saturated heterocycles. The molecule has 17 heavy (non-hydrogen) atoms. The van der Waals surface area contributed by atoms with Gasteiger partial charge in [0, 0.05) is 25.7 Å². The summed E-state index contributed by atoms with van der Waals surface area (Å²) in [6, 6.07) is 4.06. The molecule has 90 valence electrons. The maximum atomic E-state index is 8.47. The van der Waals surface area contributed by atoms with Gasteiger partial charge >= 0.3 is 0 Å². The van der Waals surface area contributed by atoms with E-state index in [1.54, 1.807) is 6.33 Å². The van der Waals surface area contributed by atoms with E-state index in [-0.39, 0.29) is 0 Å². The van der Waals surface area contributed by atoms with Crippen LogP contribution in [-0.4, -0.2) is 29.6 Å². The smallest absolute Gasteiger partial charge is 0.134 e. The van der Waals surface area contributed by atoms with Crippen LogP contribution in [0, 0.1) is 11.3 Å². The van der Waals surface area contributed by atoms with Gasteiger partial charge < -0.3 is 10.2 Å². The first kappa shape index (κ1) is 11.6. The monoisotopic (exact) mass is 231 g/mol. The number of nitrogens with zero attached hydrogens (tertiary/aromatic N) is 4. The van der Waals surface area contributed by atoms with Crippen molar-refractivity contribution in [2.75, 3.05) is 29.9 Å². The number of aromatic nitrogens is 2. The SMILES string of the molecule is N#CCCNc1cc(N2CCCCC2)ncn1. The van der Waals surface area contributed by atoms with Gasteiger partial charge in [-0.15, -0.1) is 0 Å². The second-order valence-corrected chi connectivity index (χ2v) is 4.14. The van der Waals surface area contributed by atoms with E-state index in [1.807, 2.05) is 6.07 Å². The first-order valence-electron chi connectivity index (χ1n) is 6.08. The molecule has 1 aliphatic heterocycles. The third-order valence-electron chi connectivity index (χ3n) is 2.88. The Bertz CT molecular complexity index is 392. The van der Waals surface area contributed by atoms with Gasteiger partial charge in [-0.05, 0) is 19.3 Å². The summed E-state index contributed by atoms with van der Waals surface area (Å²) in [6.07, 6.45) is 5.86. The molecule has 0 unspecified atom stereocenters. The second kappa shape index (κ2) is 6.04. The van der Waals surface area contributed by atoms with Crippen LogP contribution in [-0.2, 0) is 0 Å². The summed E-state index contributed by atoms with van der Waals surface area (Å²) in [5.74, 6) is 1.79. The fourth-order valence-electron chi connectivity index (χ4n) is 1.99. The molecule has 0 aliphatic carbocycles. The number of nitriles is 1. The highest BCUT2D eigenvalue weighted by Crippen LogP contribution is 2.18. The van der Waals surface area contributed by atoms with Gasteiger partial charge in [0.2, 0.25) is 0 Å². The average Bonchev–Trinajstić information content (AvgIpc) is 2.41. The molecule has 2 rings (SSSR count). The molecule has 5 nitrogen and oxygen atoms in total. The first-order valence-corrected chi connectivity index (χ1v) is 6.08. The fourth-order valence-corrected chi connectivity index (χ4v) is 1.99. The van der Waals surface area contributed by atoms with Crippen molar-refractivity contribution in [2.24, 2.45) is 0 Å². The molecule has 0 aromatic carbocycles. The predicted octanol–water partition coefficient (Wildman–Crippen LogP) is 1.79. The third-order valence-corrected chi connectivity index (χ3v) is 2.88. The van der Waals surface area contributed by atoms with Crippen LogP contribution in [0.1, 0.15) is 25.7 Å². The Labute approximate surface area is 101 Å². The van der Waals surface area contributed by atoms with E-state index in [9.17, 15) is 0 Å². The normalized spacial score (nSPS) is 15.4. The number of hydrogen-bond donors (Lipinski definition) is 1. The third kappa shape index (κ3) is 3.31. The standard InChI is InChI=1S/C12H17N5/c13-5-4-6-14-11-9-12(16-10-15-11)17-7-2-1-3-8-17/h9-10H,1-4,6-8H2,(H,14,15,16). The Hall–Kier alpha value is -1.83. The van der Waals surface area contributed by atoms with Crippen molar-refractivity contribution in [3.63, 3.8) is 0 Å². The van der Waals surface area contributed by atoms with Crippen LogP contribution < -0.4 is 10.2 Å². The minimum absolute atomic E-state index is 0.489. The zero-order valence-corrected chi connectivity index (χ0v) is 9.89. The molecule has 0 bridgehead atoms. The van der Waals surface area contributed by atoms with Crippen molar-refractivity contribution in [3.05, 3.63) is 12.4 Å². The summed E-state index contributed by atoms with van der Waals surface area (Å²) < 4.78 is 0. The van der Waals surface area contributed by atoms with Gasteiger partial charge in [0.25, 0.3) is 0 Å². The Kier molecular flexibility index (Phi) is 4.14. The molecule has 1 fully saturated rings. The fraction of sp³-hybridized carbons (Fsp3) is 0.583. The van der Waals surface area contributed by atoms with E-state index in [0.717, 1.165) is 24.7 Å². The van der Waals surface area contributed by atoms with E-state index in [4.69, 9.17) is 5.26 Å². The van der Waals surface area contributed by atoms with E-state index in [2.05, 4.69) is 26.3 Å². The highest BCUT2D eigenvalue weighted by Gasteiger charge is 2.12. The molecule has 1 aliphatic rings. The molecule has 0 saturated carbocycles. The summed E-state index contributed by atoms with van der Waals surface area (Å²) in [7, 11) is 0. The van der Waals surface area contributed by atoms with Gasteiger partial charge in [-0.2, -0.15) is 5.26 Å². The first-order chi connectivity index (χ1) is 8.40. The molecule has 5 heteroatoms. The summed E-state index contributed by atoms with van der Waals surface area (Å²) in [5, 5.41) is 11.6. The minimum atomic E-state index is 0.489. The Morgan fingerprint density at radius 3 is 2.88 bits per heavy atom. The number of hydrogen-bond acceptors (Lipinski definition) is 5. The predicted molar refractivity (Wildman–Crippen MR) is 66.8 cm³/mol. The highest BCUT2D eigenvalue weighted by atomic mass is 15.2. The molecule has 0 amide bonds. The minimum Gasteiger partial charge on any atom is -0.369 e. The van der Waals surface area contributed by atoms with Crippen molar-refractivity contribution in [3.8, 4) is 6.07 Å². The van der Waals surface area contributed by atoms with Crippen molar-refractivity contribution in [1.82, 2.24) is 9.97 Å². The Balaban J connectivity index is 1.98. The van der Waals surface area contributed by atoms with Gasteiger partial charge in [0.05, 0.1) is 12.5 Å². The Morgan fingerprint density at radius 1 is 1.29 bits per heavy atom. The molecule has 1 N–H and O–H groups in total. The van der Waals surface area contributed by atoms with Gasteiger partial charge in [-0.3, -0.25) is 0 Å². The molecule has 0 spiro atoms. The van der Waals surface area contributed by atoms with Gasteiger partial charge in [-0.25, -0.2) is 9.97 Å². The van der Waals surface area contributed by atoms with E-state index < -0.39 is 0 Å². The van der Waals surface area contributed by atoms with Crippen molar-refractivity contribution >= 4 is 11.6 Å². The van der Waals surface area contributed by atoms with Crippen molar-refractivity contribution in [2.45, 2.75) is 25.7 Å². The zero-order valence-electron chi connectivity index (χ0n) is 9.89. The van der Waals surface area contributed by atoms with Crippen LogP contribution in [0.4, 0.5) is 11.6 Å². The van der Waals surface area contributed by atoms with Crippen molar-refractivity contribution in [1.29, 1.82) is 5.26 Å². The summed E-state index contributed by atoms with van der Waals surface area (Å²) in [6.45, 7) is 2.79. The van der Waals surface area contributed by atoms with E-state index >= 15 is 0 Å². The van der Waals surface area contributed by atoms with Crippen LogP contribution >= 0.6 is 0 Å². The molecule has 2 heterocycles. The molecule has 0 atom stereocenters. The maximum absolute atomic E-state index is 8.47. The highest BCUT2D eigenvalue weighted by molar-refractivity contribution is 5.48.